The van der Waals surface area contributed by atoms with Gasteiger partial charge in [-0.1, -0.05) is 25.1 Å². The van der Waals surface area contributed by atoms with E-state index in [4.69, 9.17) is 0 Å². The molecule has 0 aliphatic rings. The van der Waals surface area contributed by atoms with Crippen LogP contribution in [-0.4, -0.2) is 5.78 Å². The van der Waals surface area contributed by atoms with Crippen molar-refractivity contribution in [1.29, 1.82) is 0 Å². The molecule has 0 radical (unpaired) electrons. The molecule has 0 aliphatic carbocycles. The van der Waals surface area contributed by atoms with Crippen LogP contribution in [0.1, 0.15) is 34.0 Å². The SMILES string of the molecule is CCc1cccc(C(=O)c2ccc(F)cc2C)c1. The summed E-state index contributed by atoms with van der Waals surface area (Å²) in [6.45, 7) is 3.80. The van der Waals surface area contributed by atoms with Gasteiger partial charge in [0.15, 0.2) is 5.78 Å². The van der Waals surface area contributed by atoms with Gasteiger partial charge in [-0.15, -0.1) is 0 Å². The van der Waals surface area contributed by atoms with E-state index in [0.717, 1.165) is 12.0 Å². The summed E-state index contributed by atoms with van der Waals surface area (Å²) < 4.78 is 13.0. The minimum atomic E-state index is -0.314. The Morgan fingerprint density at radius 3 is 2.61 bits per heavy atom. The minimum absolute atomic E-state index is 0.0530. The Bertz CT molecular complexity index is 587. The van der Waals surface area contributed by atoms with Crippen LogP contribution < -0.4 is 0 Å². The Labute approximate surface area is 106 Å². The fourth-order valence-electron chi connectivity index (χ4n) is 1.97. The Kier molecular flexibility index (Phi) is 3.56. The number of benzene rings is 2. The number of rotatable bonds is 3. The Hall–Kier alpha value is -1.96. The molecular formula is C16H15FO. The third-order valence-electron chi connectivity index (χ3n) is 3.03. The van der Waals surface area contributed by atoms with Crippen molar-refractivity contribution in [2.75, 3.05) is 0 Å². The molecule has 92 valence electrons. The molecule has 0 bridgehead atoms. The zero-order valence-corrected chi connectivity index (χ0v) is 10.5. The van der Waals surface area contributed by atoms with Crippen molar-refractivity contribution in [3.05, 3.63) is 70.5 Å². The molecule has 0 heterocycles. The molecule has 2 heteroatoms. The van der Waals surface area contributed by atoms with Gasteiger partial charge in [0.25, 0.3) is 0 Å². The van der Waals surface area contributed by atoms with Crippen molar-refractivity contribution >= 4 is 5.78 Å². The van der Waals surface area contributed by atoms with Crippen LogP contribution in [-0.2, 0) is 6.42 Å². The summed E-state index contributed by atoms with van der Waals surface area (Å²) in [7, 11) is 0. The van der Waals surface area contributed by atoms with Crippen molar-refractivity contribution in [3.8, 4) is 0 Å². The molecule has 0 fully saturated rings. The summed E-state index contributed by atoms with van der Waals surface area (Å²) in [5.41, 5.74) is 3.01. The molecule has 2 aromatic rings. The van der Waals surface area contributed by atoms with Gasteiger partial charge in [-0.2, -0.15) is 0 Å². The number of aryl methyl sites for hydroxylation is 2. The standard InChI is InChI=1S/C16H15FO/c1-3-12-5-4-6-13(10-12)16(18)15-8-7-14(17)9-11(15)2/h4-10H,3H2,1-2H3. The van der Waals surface area contributed by atoms with Gasteiger partial charge in [0, 0.05) is 11.1 Å². The number of carbonyl (C=O) groups excluding carboxylic acids is 1. The summed E-state index contributed by atoms with van der Waals surface area (Å²) in [4.78, 5) is 12.3. The van der Waals surface area contributed by atoms with E-state index in [0.29, 0.717) is 16.7 Å². The molecule has 0 N–H and O–H groups in total. The van der Waals surface area contributed by atoms with Gasteiger partial charge in [0.1, 0.15) is 5.82 Å². The molecular weight excluding hydrogens is 227 g/mol. The predicted molar refractivity (Wildman–Crippen MR) is 70.4 cm³/mol. The summed E-state index contributed by atoms with van der Waals surface area (Å²) in [5, 5.41) is 0. The average Bonchev–Trinajstić information content (AvgIpc) is 2.38. The monoisotopic (exact) mass is 242 g/mol. The van der Waals surface area contributed by atoms with Crippen LogP contribution in [0.15, 0.2) is 42.5 Å². The van der Waals surface area contributed by atoms with E-state index in [-0.39, 0.29) is 11.6 Å². The topological polar surface area (TPSA) is 17.1 Å². The number of hydrogen-bond acceptors (Lipinski definition) is 1. The van der Waals surface area contributed by atoms with Crippen molar-refractivity contribution in [2.24, 2.45) is 0 Å². The molecule has 0 aliphatic heterocycles. The van der Waals surface area contributed by atoms with Crippen molar-refractivity contribution in [2.45, 2.75) is 20.3 Å². The predicted octanol–water partition coefficient (Wildman–Crippen LogP) is 3.93. The number of hydrogen-bond donors (Lipinski definition) is 0. The Balaban J connectivity index is 2.41. The maximum Gasteiger partial charge on any atom is 0.193 e. The van der Waals surface area contributed by atoms with Gasteiger partial charge in [0.2, 0.25) is 0 Å². The molecule has 1 nitrogen and oxygen atoms in total. The molecule has 0 atom stereocenters. The Morgan fingerprint density at radius 2 is 1.94 bits per heavy atom. The first-order valence-corrected chi connectivity index (χ1v) is 6.01. The van der Waals surface area contributed by atoms with Crippen LogP contribution >= 0.6 is 0 Å². The summed E-state index contributed by atoms with van der Waals surface area (Å²) >= 11 is 0. The first kappa shape index (κ1) is 12.5. The van der Waals surface area contributed by atoms with E-state index >= 15 is 0 Å². The second kappa shape index (κ2) is 5.13. The van der Waals surface area contributed by atoms with Crippen molar-refractivity contribution < 1.29 is 9.18 Å². The zero-order valence-electron chi connectivity index (χ0n) is 10.5. The van der Waals surface area contributed by atoms with Crippen LogP contribution in [0.5, 0.6) is 0 Å². The minimum Gasteiger partial charge on any atom is -0.289 e. The molecule has 18 heavy (non-hydrogen) atoms. The fourth-order valence-corrected chi connectivity index (χ4v) is 1.97. The maximum atomic E-state index is 13.0. The van der Waals surface area contributed by atoms with E-state index in [2.05, 4.69) is 0 Å². The van der Waals surface area contributed by atoms with Gasteiger partial charge in [-0.05, 0) is 48.7 Å². The van der Waals surface area contributed by atoms with Crippen molar-refractivity contribution in [1.82, 2.24) is 0 Å². The molecule has 0 spiro atoms. The lowest BCUT2D eigenvalue weighted by Gasteiger charge is -2.06. The van der Waals surface area contributed by atoms with E-state index in [9.17, 15) is 9.18 Å². The van der Waals surface area contributed by atoms with E-state index in [1.54, 1.807) is 19.1 Å². The largest absolute Gasteiger partial charge is 0.289 e. The molecule has 2 aromatic carbocycles. The van der Waals surface area contributed by atoms with Crippen LogP contribution in [0, 0.1) is 12.7 Å². The molecule has 2 rings (SSSR count). The highest BCUT2D eigenvalue weighted by molar-refractivity contribution is 6.09. The summed E-state index contributed by atoms with van der Waals surface area (Å²) in [6, 6.07) is 11.8. The lowest BCUT2D eigenvalue weighted by molar-refractivity contribution is 0.103. The second-order valence-electron chi connectivity index (χ2n) is 4.34. The van der Waals surface area contributed by atoms with E-state index < -0.39 is 0 Å². The van der Waals surface area contributed by atoms with E-state index in [1.807, 2.05) is 25.1 Å². The van der Waals surface area contributed by atoms with Crippen LogP contribution in [0.4, 0.5) is 4.39 Å². The van der Waals surface area contributed by atoms with Crippen LogP contribution in [0.2, 0.25) is 0 Å². The fraction of sp³-hybridized carbons (Fsp3) is 0.188. The van der Waals surface area contributed by atoms with Crippen LogP contribution in [0.25, 0.3) is 0 Å². The summed E-state index contributed by atoms with van der Waals surface area (Å²) in [6.07, 6.45) is 0.892. The molecule has 0 saturated heterocycles. The molecule has 0 unspecified atom stereocenters. The van der Waals surface area contributed by atoms with Crippen LogP contribution in [0.3, 0.4) is 0 Å². The van der Waals surface area contributed by atoms with Gasteiger partial charge in [-0.3, -0.25) is 4.79 Å². The molecule has 0 aromatic heterocycles. The molecule has 0 amide bonds. The number of halogens is 1. The number of carbonyl (C=O) groups is 1. The highest BCUT2D eigenvalue weighted by atomic mass is 19.1. The number of ketones is 1. The first-order valence-electron chi connectivity index (χ1n) is 6.01. The highest BCUT2D eigenvalue weighted by Gasteiger charge is 2.12. The first-order chi connectivity index (χ1) is 8.61. The van der Waals surface area contributed by atoms with Gasteiger partial charge < -0.3 is 0 Å². The van der Waals surface area contributed by atoms with Gasteiger partial charge >= 0.3 is 0 Å². The molecule has 0 saturated carbocycles. The zero-order chi connectivity index (χ0) is 13.1. The second-order valence-corrected chi connectivity index (χ2v) is 4.34. The maximum absolute atomic E-state index is 13.0. The Morgan fingerprint density at radius 1 is 1.17 bits per heavy atom. The lowest BCUT2D eigenvalue weighted by atomic mass is 9.97. The third kappa shape index (κ3) is 2.48. The van der Waals surface area contributed by atoms with Crippen molar-refractivity contribution in [3.63, 3.8) is 0 Å². The quantitative estimate of drug-likeness (QED) is 0.745. The van der Waals surface area contributed by atoms with Gasteiger partial charge in [-0.25, -0.2) is 4.39 Å². The van der Waals surface area contributed by atoms with E-state index in [1.165, 1.54) is 12.1 Å². The highest BCUT2D eigenvalue weighted by Crippen LogP contribution is 2.16. The lowest BCUT2D eigenvalue weighted by Crippen LogP contribution is -2.04. The summed E-state index contributed by atoms with van der Waals surface area (Å²) in [5.74, 6) is -0.367. The average molecular weight is 242 g/mol. The van der Waals surface area contributed by atoms with Gasteiger partial charge in [0.05, 0.1) is 0 Å². The normalized spacial score (nSPS) is 10.4. The smallest absolute Gasteiger partial charge is 0.193 e. The third-order valence-corrected chi connectivity index (χ3v) is 3.03.